The van der Waals surface area contributed by atoms with Gasteiger partial charge in [-0.1, -0.05) is 19.8 Å². The number of amides is 1. The summed E-state index contributed by atoms with van der Waals surface area (Å²) in [5, 5.41) is 13.4. The average molecular weight is 311 g/mol. The van der Waals surface area contributed by atoms with Crippen LogP contribution in [0.5, 0.6) is 0 Å². The molecule has 1 aromatic rings. The second kappa shape index (κ2) is 7.36. The van der Waals surface area contributed by atoms with E-state index >= 15 is 0 Å². The van der Waals surface area contributed by atoms with E-state index in [9.17, 15) is 9.59 Å². The van der Waals surface area contributed by atoms with Crippen molar-refractivity contribution >= 4 is 35.0 Å². The first kappa shape index (κ1) is 16.6. The lowest BCUT2D eigenvalue weighted by molar-refractivity contribution is -0.119. The van der Waals surface area contributed by atoms with Gasteiger partial charge in [-0.3, -0.25) is 4.79 Å². The summed E-state index contributed by atoms with van der Waals surface area (Å²) in [6.45, 7) is 3.88. The largest absolute Gasteiger partial charge is 0.477 e. The molecule has 2 N–H and O–H groups in total. The Kier molecular flexibility index (Phi) is 6.11. The molecule has 0 aliphatic heterocycles. The topological polar surface area (TPSA) is 66.4 Å². The Morgan fingerprint density at radius 3 is 2.60 bits per heavy atom. The van der Waals surface area contributed by atoms with E-state index in [4.69, 9.17) is 11.5 Å². The molecule has 1 amide bonds. The third-order valence-electron chi connectivity index (χ3n) is 3.02. The summed E-state index contributed by atoms with van der Waals surface area (Å²) in [5.74, 6) is 1.78. The number of carbonyl (C=O) groups excluding carboxylic acids is 1. The fourth-order valence-corrected chi connectivity index (χ4v) is 3.29. The van der Waals surface area contributed by atoms with Crippen LogP contribution in [0.2, 0.25) is 0 Å². The van der Waals surface area contributed by atoms with Crippen LogP contribution in [-0.4, -0.2) is 28.3 Å². The third kappa shape index (κ3) is 4.29. The summed E-state index contributed by atoms with van der Waals surface area (Å²) >= 11 is 2.46. The Morgan fingerprint density at radius 1 is 1.50 bits per heavy atom. The number of hydrogen-bond acceptors (Lipinski definition) is 4. The number of carbonyl (C=O) groups is 2. The Balaban J connectivity index is 2.55. The number of carboxylic acids is 1. The Hall–Kier alpha value is -1.45. The molecule has 20 heavy (non-hydrogen) atoms. The van der Waals surface area contributed by atoms with Gasteiger partial charge >= 0.3 is 5.97 Å². The Labute approximate surface area is 127 Å². The van der Waals surface area contributed by atoms with Crippen molar-refractivity contribution in [3.63, 3.8) is 0 Å². The van der Waals surface area contributed by atoms with E-state index in [1.807, 2.05) is 13.8 Å². The van der Waals surface area contributed by atoms with Crippen LogP contribution in [-0.2, 0) is 4.79 Å². The van der Waals surface area contributed by atoms with Gasteiger partial charge in [-0.15, -0.1) is 29.5 Å². The molecule has 0 atom stereocenters. The molecule has 0 saturated carbocycles. The van der Waals surface area contributed by atoms with Crippen LogP contribution >= 0.6 is 23.1 Å². The summed E-state index contributed by atoms with van der Waals surface area (Å²) in [5.41, 5.74) is -0.585. The third-order valence-corrected chi connectivity index (χ3v) is 5.06. The zero-order valence-electron chi connectivity index (χ0n) is 11.4. The molecule has 108 valence electrons. The molecule has 0 fully saturated rings. The minimum Gasteiger partial charge on any atom is -0.477 e. The molecular formula is C14H17NO3S2. The first-order valence-electron chi connectivity index (χ1n) is 6.19. The maximum absolute atomic E-state index is 11.9. The van der Waals surface area contributed by atoms with Crippen molar-refractivity contribution in [2.24, 2.45) is 0 Å². The predicted octanol–water partition coefficient (Wildman–Crippen LogP) is 2.85. The molecule has 0 bridgehead atoms. The van der Waals surface area contributed by atoms with Crippen LogP contribution in [0.3, 0.4) is 0 Å². The fourth-order valence-electron chi connectivity index (χ4n) is 1.63. The van der Waals surface area contributed by atoms with E-state index in [0.717, 1.165) is 16.2 Å². The van der Waals surface area contributed by atoms with Crippen molar-refractivity contribution in [3.8, 4) is 12.3 Å². The lowest BCUT2D eigenvalue weighted by atomic mass is 9.94. The van der Waals surface area contributed by atoms with Crippen LogP contribution in [0.1, 0.15) is 36.4 Å². The summed E-state index contributed by atoms with van der Waals surface area (Å²) in [6, 6.07) is 1.57. The van der Waals surface area contributed by atoms with Crippen molar-refractivity contribution < 1.29 is 14.7 Å². The molecule has 0 radical (unpaired) electrons. The number of thiophene rings is 1. The molecule has 0 aliphatic carbocycles. The smallest absolute Gasteiger partial charge is 0.345 e. The lowest BCUT2D eigenvalue weighted by Crippen LogP contribution is -2.47. The maximum Gasteiger partial charge on any atom is 0.345 e. The zero-order chi connectivity index (χ0) is 15.2. The molecule has 0 aliphatic rings. The van der Waals surface area contributed by atoms with Crippen LogP contribution in [0.15, 0.2) is 16.3 Å². The van der Waals surface area contributed by atoms with Gasteiger partial charge in [-0.05, 0) is 18.9 Å². The zero-order valence-corrected chi connectivity index (χ0v) is 13.1. The molecule has 4 nitrogen and oxygen atoms in total. The SMILES string of the molecule is C#CC(CC)(CC)NC(=O)CSc1csc(C(=O)O)c1. The second-order valence-corrected chi connectivity index (χ2v) is 6.18. The molecule has 0 spiro atoms. The predicted molar refractivity (Wildman–Crippen MR) is 82.3 cm³/mol. The van der Waals surface area contributed by atoms with E-state index in [1.165, 1.54) is 11.8 Å². The number of hydrogen-bond donors (Lipinski definition) is 2. The monoisotopic (exact) mass is 311 g/mol. The molecule has 0 aromatic carbocycles. The van der Waals surface area contributed by atoms with E-state index in [0.29, 0.717) is 12.8 Å². The van der Waals surface area contributed by atoms with Gasteiger partial charge < -0.3 is 10.4 Å². The molecule has 6 heteroatoms. The second-order valence-electron chi connectivity index (χ2n) is 4.22. The molecule has 1 rings (SSSR count). The number of carboxylic acid groups (broad SMARTS) is 1. The van der Waals surface area contributed by atoms with Crippen molar-refractivity contribution in [2.45, 2.75) is 37.1 Å². The normalized spacial score (nSPS) is 10.8. The molecule has 1 heterocycles. The highest BCUT2D eigenvalue weighted by Crippen LogP contribution is 2.25. The van der Waals surface area contributed by atoms with Crippen molar-refractivity contribution in [2.75, 3.05) is 5.75 Å². The highest BCUT2D eigenvalue weighted by atomic mass is 32.2. The van der Waals surface area contributed by atoms with Gasteiger partial charge in [0.05, 0.1) is 5.75 Å². The minimum absolute atomic E-state index is 0.139. The average Bonchev–Trinajstić information content (AvgIpc) is 2.92. The van der Waals surface area contributed by atoms with Gasteiger partial charge in [-0.25, -0.2) is 4.79 Å². The van der Waals surface area contributed by atoms with E-state index in [2.05, 4.69) is 11.2 Å². The molecule has 1 aromatic heterocycles. The first-order chi connectivity index (χ1) is 9.46. The number of terminal acetylenes is 1. The fraction of sp³-hybridized carbons (Fsp3) is 0.429. The van der Waals surface area contributed by atoms with Crippen LogP contribution in [0, 0.1) is 12.3 Å². The highest BCUT2D eigenvalue weighted by Gasteiger charge is 2.25. The van der Waals surface area contributed by atoms with Crippen molar-refractivity contribution in [3.05, 3.63) is 16.3 Å². The summed E-state index contributed by atoms with van der Waals surface area (Å²) in [7, 11) is 0. The number of thioether (sulfide) groups is 1. The molecular weight excluding hydrogens is 294 g/mol. The molecule has 0 saturated heterocycles. The number of rotatable bonds is 7. The summed E-state index contributed by atoms with van der Waals surface area (Å²) < 4.78 is 0. The summed E-state index contributed by atoms with van der Waals surface area (Å²) in [6.07, 6.45) is 6.84. The van der Waals surface area contributed by atoms with Crippen LogP contribution < -0.4 is 5.32 Å². The van der Waals surface area contributed by atoms with Gasteiger partial charge in [0.1, 0.15) is 10.4 Å². The van der Waals surface area contributed by atoms with Gasteiger partial charge in [0.25, 0.3) is 0 Å². The van der Waals surface area contributed by atoms with E-state index in [-0.39, 0.29) is 16.5 Å². The van der Waals surface area contributed by atoms with Gasteiger partial charge in [0.2, 0.25) is 5.91 Å². The maximum atomic E-state index is 11.9. The quantitative estimate of drug-likeness (QED) is 0.600. The van der Waals surface area contributed by atoms with Crippen LogP contribution in [0.25, 0.3) is 0 Å². The standard InChI is InChI=1S/C14H17NO3S2/c1-4-14(5-2,6-3)15-12(16)9-19-10-7-11(13(17)18)20-8-10/h1,7-8H,5-6,9H2,2-3H3,(H,15,16)(H,17,18). The first-order valence-corrected chi connectivity index (χ1v) is 8.06. The van der Waals surface area contributed by atoms with Gasteiger partial charge in [-0.2, -0.15) is 0 Å². The lowest BCUT2D eigenvalue weighted by Gasteiger charge is -2.26. The minimum atomic E-state index is -0.949. The van der Waals surface area contributed by atoms with E-state index < -0.39 is 11.5 Å². The van der Waals surface area contributed by atoms with E-state index in [1.54, 1.807) is 11.4 Å². The van der Waals surface area contributed by atoms with Crippen molar-refractivity contribution in [1.29, 1.82) is 0 Å². The highest BCUT2D eigenvalue weighted by molar-refractivity contribution is 8.00. The number of nitrogens with one attached hydrogen (secondary N) is 1. The molecule has 0 unspecified atom stereocenters. The Bertz CT molecular complexity index is 527. The van der Waals surface area contributed by atoms with Gasteiger partial charge in [0, 0.05) is 10.3 Å². The summed E-state index contributed by atoms with van der Waals surface area (Å²) in [4.78, 5) is 23.7. The van der Waals surface area contributed by atoms with Crippen molar-refractivity contribution in [1.82, 2.24) is 5.32 Å². The van der Waals surface area contributed by atoms with Crippen LogP contribution in [0.4, 0.5) is 0 Å². The number of aromatic carboxylic acids is 1. The van der Waals surface area contributed by atoms with Gasteiger partial charge in [0.15, 0.2) is 0 Å². The Morgan fingerprint density at radius 2 is 2.15 bits per heavy atom.